The molecule has 1 aromatic carbocycles. The van der Waals surface area contributed by atoms with Gasteiger partial charge in [-0.1, -0.05) is 30.7 Å². The molecule has 96 valence electrons. The van der Waals surface area contributed by atoms with Crippen LogP contribution in [0.15, 0.2) is 24.3 Å². The molecule has 0 amide bonds. The van der Waals surface area contributed by atoms with Crippen LogP contribution in [-0.2, 0) is 9.84 Å². The number of nitrogen functional groups attached to an aromatic ring is 1. The predicted octanol–water partition coefficient (Wildman–Crippen LogP) is 2.06. The summed E-state index contributed by atoms with van der Waals surface area (Å²) in [5, 5.41) is 10.0. The van der Waals surface area contributed by atoms with Crippen molar-refractivity contribution >= 4 is 49.7 Å². The maximum atomic E-state index is 11.8. The highest BCUT2D eigenvalue weighted by Crippen LogP contribution is 2.43. The topological polar surface area (TPSA) is 80.4 Å². The Morgan fingerprint density at radius 3 is 2.35 bits per heavy atom. The quantitative estimate of drug-likeness (QED) is 0.469. The van der Waals surface area contributed by atoms with Gasteiger partial charge in [-0.25, -0.2) is 8.42 Å². The second-order valence-electron chi connectivity index (χ2n) is 3.53. The monoisotopic (exact) mass is 389 g/mol. The maximum absolute atomic E-state index is 11.8. The molecule has 0 heterocycles. The highest BCUT2D eigenvalue weighted by atomic mass is 127. The molecular weight excluding hydrogens is 377 g/mol. The van der Waals surface area contributed by atoms with E-state index in [0.717, 1.165) is 0 Å². The van der Waals surface area contributed by atoms with E-state index in [9.17, 15) is 13.5 Å². The van der Waals surface area contributed by atoms with Crippen LogP contribution in [0.2, 0.25) is 0 Å². The SMILES string of the molecule is CCS(=O)(=O)C(Cl)(I)C(O)c1ccc(N)cc1. The lowest BCUT2D eigenvalue weighted by molar-refractivity contribution is 0.187. The van der Waals surface area contributed by atoms with Gasteiger partial charge in [0.15, 0.2) is 9.84 Å². The zero-order valence-electron chi connectivity index (χ0n) is 9.10. The minimum absolute atomic E-state index is 0.133. The van der Waals surface area contributed by atoms with Crippen molar-refractivity contribution in [1.82, 2.24) is 0 Å². The molecule has 0 saturated carbocycles. The average Bonchev–Trinajstić information content (AvgIpc) is 2.28. The summed E-state index contributed by atoms with van der Waals surface area (Å²) < 4.78 is 21.8. The fraction of sp³-hybridized carbons (Fsp3) is 0.400. The van der Waals surface area contributed by atoms with Crippen molar-refractivity contribution < 1.29 is 13.5 Å². The lowest BCUT2D eigenvalue weighted by Crippen LogP contribution is -2.34. The minimum atomic E-state index is -3.58. The number of alkyl halides is 2. The third kappa shape index (κ3) is 3.04. The van der Waals surface area contributed by atoms with Gasteiger partial charge in [0, 0.05) is 5.69 Å². The molecule has 0 aliphatic rings. The second-order valence-corrected chi connectivity index (χ2v) is 9.88. The molecule has 0 saturated heterocycles. The van der Waals surface area contributed by atoms with Crippen LogP contribution < -0.4 is 5.73 Å². The van der Waals surface area contributed by atoms with Gasteiger partial charge in [-0.3, -0.25) is 0 Å². The smallest absolute Gasteiger partial charge is 0.225 e. The Labute approximate surface area is 119 Å². The largest absolute Gasteiger partial charge is 0.399 e. The molecule has 0 aromatic heterocycles. The average molecular weight is 390 g/mol. The van der Waals surface area contributed by atoms with Crippen LogP contribution in [0, 0.1) is 0 Å². The van der Waals surface area contributed by atoms with Gasteiger partial charge in [0.1, 0.15) is 6.10 Å². The molecule has 2 unspecified atom stereocenters. The van der Waals surface area contributed by atoms with Crippen LogP contribution in [0.4, 0.5) is 5.69 Å². The number of aliphatic hydroxyl groups excluding tert-OH is 1. The molecule has 1 rings (SSSR count). The molecule has 0 aliphatic heterocycles. The van der Waals surface area contributed by atoms with Crippen molar-refractivity contribution in [3.05, 3.63) is 29.8 Å². The molecule has 4 nitrogen and oxygen atoms in total. The van der Waals surface area contributed by atoms with Crippen LogP contribution in [0.3, 0.4) is 0 Å². The molecule has 0 bridgehead atoms. The zero-order chi connectivity index (χ0) is 13.3. The molecular formula is C10H13ClINO3S. The van der Waals surface area contributed by atoms with Crippen LogP contribution in [0.25, 0.3) is 0 Å². The molecule has 0 radical (unpaired) electrons. The maximum Gasteiger partial charge on any atom is 0.225 e. The van der Waals surface area contributed by atoms with E-state index in [4.69, 9.17) is 17.3 Å². The second kappa shape index (κ2) is 5.29. The number of halogens is 2. The molecule has 3 N–H and O–H groups in total. The fourth-order valence-corrected chi connectivity index (χ4v) is 3.84. The predicted molar refractivity (Wildman–Crippen MR) is 77.9 cm³/mol. The summed E-state index contributed by atoms with van der Waals surface area (Å²) in [6.45, 7) is 1.49. The first-order valence-corrected chi connectivity index (χ1v) is 7.97. The Morgan fingerprint density at radius 2 is 1.94 bits per heavy atom. The van der Waals surface area contributed by atoms with E-state index in [1.807, 2.05) is 0 Å². The van der Waals surface area contributed by atoms with E-state index in [1.54, 1.807) is 46.9 Å². The van der Waals surface area contributed by atoms with Gasteiger partial charge in [-0.15, -0.1) is 0 Å². The number of aliphatic hydroxyl groups is 1. The van der Waals surface area contributed by atoms with Gasteiger partial charge in [-0.05, 0) is 40.3 Å². The number of sulfone groups is 1. The summed E-state index contributed by atoms with van der Waals surface area (Å²) in [5.74, 6) is -0.133. The first-order chi connectivity index (χ1) is 7.72. The number of hydrogen-bond acceptors (Lipinski definition) is 4. The summed E-state index contributed by atoms with van der Waals surface area (Å²) in [7, 11) is -3.58. The summed E-state index contributed by atoms with van der Waals surface area (Å²) >= 11 is 7.52. The van der Waals surface area contributed by atoms with Crippen molar-refractivity contribution in [2.75, 3.05) is 11.5 Å². The third-order valence-corrected chi connectivity index (χ3v) is 7.69. The Balaban J connectivity index is 3.12. The molecule has 0 fully saturated rings. The van der Waals surface area contributed by atoms with Crippen LogP contribution in [0.1, 0.15) is 18.6 Å². The molecule has 17 heavy (non-hydrogen) atoms. The lowest BCUT2D eigenvalue weighted by atomic mass is 10.1. The first-order valence-electron chi connectivity index (χ1n) is 4.86. The third-order valence-electron chi connectivity index (χ3n) is 2.37. The molecule has 0 spiro atoms. The summed E-state index contributed by atoms with van der Waals surface area (Å²) in [4.78, 5) is 0. The molecule has 2 atom stereocenters. The van der Waals surface area contributed by atoms with E-state index in [2.05, 4.69) is 0 Å². The van der Waals surface area contributed by atoms with Gasteiger partial charge in [0.05, 0.1) is 5.75 Å². The van der Waals surface area contributed by atoms with Gasteiger partial charge in [0.2, 0.25) is 2.21 Å². The Hall–Kier alpha value is -0.0500. The molecule has 7 heteroatoms. The summed E-state index contributed by atoms with van der Waals surface area (Å²) in [5.41, 5.74) is 6.47. The number of benzene rings is 1. The normalized spacial score (nSPS) is 17.4. The van der Waals surface area contributed by atoms with Gasteiger partial charge >= 0.3 is 0 Å². The fourth-order valence-electron chi connectivity index (χ4n) is 1.23. The van der Waals surface area contributed by atoms with E-state index >= 15 is 0 Å². The van der Waals surface area contributed by atoms with E-state index in [-0.39, 0.29) is 5.75 Å². The van der Waals surface area contributed by atoms with E-state index < -0.39 is 18.2 Å². The van der Waals surface area contributed by atoms with Crippen LogP contribution >= 0.6 is 34.2 Å². The number of hydrogen-bond donors (Lipinski definition) is 2. The van der Waals surface area contributed by atoms with Crippen molar-refractivity contribution in [3.63, 3.8) is 0 Å². The van der Waals surface area contributed by atoms with Crippen molar-refractivity contribution in [2.45, 2.75) is 15.2 Å². The number of rotatable bonds is 4. The van der Waals surface area contributed by atoms with Crippen LogP contribution in [-0.4, -0.2) is 21.5 Å². The Kier molecular flexibility index (Phi) is 4.67. The highest BCUT2D eigenvalue weighted by Gasteiger charge is 2.45. The standard InChI is InChI=1S/C10H13ClINO3S/c1-2-17(15,16)10(11,12)9(14)7-3-5-8(13)6-4-7/h3-6,9,14H,2,13H2,1H3. The van der Waals surface area contributed by atoms with E-state index in [0.29, 0.717) is 11.3 Å². The van der Waals surface area contributed by atoms with Gasteiger partial charge in [0.25, 0.3) is 0 Å². The van der Waals surface area contributed by atoms with Crippen LogP contribution in [0.5, 0.6) is 0 Å². The molecule has 0 aliphatic carbocycles. The highest BCUT2D eigenvalue weighted by molar-refractivity contribution is 14.1. The minimum Gasteiger partial charge on any atom is -0.399 e. The Morgan fingerprint density at radius 1 is 1.47 bits per heavy atom. The molecule has 1 aromatic rings. The summed E-state index contributed by atoms with van der Waals surface area (Å²) in [6.07, 6.45) is -1.31. The van der Waals surface area contributed by atoms with Crippen molar-refractivity contribution in [2.24, 2.45) is 0 Å². The first kappa shape index (κ1) is 15.0. The zero-order valence-corrected chi connectivity index (χ0v) is 12.8. The van der Waals surface area contributed by atoms with Crippen molar-refractivity contribution in [1.29, 1.82) is 0 Å². The van der Waals surface area contributed by atoms with Crippen molar-refractivity contribution in [3.8, 4) is 0 Å². The summed E-state index contributed by atoms with van der Waals surface area (Å²) in [6, 6.07) is 6.28. The van der Waals surface area contributed by atoms with E-state index in [1.165, 1.54) is 6.92 Å². The Bertz CT molecular complexity index is 487. The number of nitrogens with two attached hydrogens (primary N) is 1. The lowest BCUT2D eigenvalue weighted by Gasteiger charge is -2.25. The van der Waals surface area contributed by atoms with Gasteiger partial charge < -0.3 is 10.8 Å². The van der Waals surface area contributed by atoms with Gasteiger partial charge in [-0.2, -0.15) is 0 Å². The number of anilines is 1.